The number of methoxy groups -OCH3 is 1. The number of unbranched alkanes of at least 4 members (excludes halogenated alkanes) is 2. The van der Waals surface area contributed by atoms with Crippen LogP contribution in [-0.4, -0.2) is 132 Å². The molecule has 4 aliphatic heterocycles. The number of halogens is 1. The number of hydrogen-bond donors (Lipinski definition) is 3. The number of carbonyl (C=O) groups is 6. The van der Waals surface area contributed by atoms with Crippen molar-refractivity contribution in [3.8, 4) is 5.75 Å². The zero-order valence-corrected chi connectivity index (χ0v) is 40.4. The van der Waals surface area contributed by atoms with Gasteiger partial charge in [0.15, 0.2) is 0 Å². The Balaban J connectivity index is 1.35. The van der Waals surface area contributed by atoms with Gasteiger partial charge in [-0.15, -0.1) is 0 Å². The van der Waals surface area contributed by atoms with E-state index in [0.717, 1.165) is 11.1 Å². The van der Waals surface area contributed by atoms with Crippen LogP contribution in [0, 0.1) is 11.8 Å². The van der Waals surface area contributed by atoms with E-state index in [1.54, 1.807) is 63.3 Å². The fourth-order valence-electron chi connectivity index (χ4n) is 8.43. The Labute approximate surface area is 391 Å². The van der Waals surface area contributed by atoms with Crippen LogP contribution in [0.4, 0.5) is 10.5 Å². The number of fused-ring (bicyclic) bond motifs is 5. The number of thioether (sulfide) groups is 1. The molecule has 5 amide bonds. The van der Waals surface area contributed by atoms with Gasteiger partial charge >= 0.3 is 12.1 Å². The number of aliphatic hydroxyl groups is 1. The van der Waals surface area contributed by atoms with Gasteiger partial charge in [-0.05, 0) is 70.1 Å². The molecule has 0 radical (unpaired) electrons. The fraction of sp³-hybridized carbons (Fsp3) is 0.574. The summed E-state index contributed by atoms with van der Waals surface area (Å²) >= 11 is 8.17. The van der Waals surface area contributed by atoms with Gasteiger partial charge in [0.25, 0.3) is 5.91 Å². The molecule has 65 heavy (non-hydrogen) atoms. The van der Waals surface area contributed by atoms with Crippen molar-refractivity contribution in [2.75, 3.05) is 44.7 Å². The number of likely N-dealkylation sites (N-methyl/N-ethyl adjacent to an activating group) is 1. The summed E-state index contributed by atoms with van der Waals surface area (Å²) in [5.74, 6) is -2.70. The van der Waals surface area contributed by atoms with Gasteiger partial charge in [0.1, 0.15) is 46.4 Å². The number of hydrogen-bond acceptors (Lipinski definition) is 12. The van der Waals surface area contributed by atoms with E-state index >= 15 is 0 Å². The summed E-state index contributed by atoms with van der Waals surface area (Å²) in [6, 6.07) is 1.48. The smallest absolute Gasteiger partial charge is 0.409 e. The van der Waals surface area contributed by atoms with Gasteiger partial charge in [-0.2, -0.15) is 11.8 Å². The van der Waals surface area contributed by atoms with E-state index in [1.807, 2.05) is 19.1 Å². The summed E-state index contributed by atoms with van der Waals surface area (Å²) in [5.41, 5.74) is -0.168. The maximum Gasteiger partial charge on any atom is 0.409 e. The van der Waals surface area contributed by atoms with Gasteiger partial charge in [-0.3, -0.25) is 24.5 Å². The summed E-state index contributed by atoms with van der Waals surface area (Å²) in [5, 5.41) is 17.4. The highest BCUT2D eigenvalue weighted by Crippen LogP contribution is 2.49. The maximum atomic E-state index is 14.3. The summed E-state index contributed by atoms with van der Waals surface area (Å²) < 4.78 is 23.8. The minimum Gasteiger partial charge on any atom is -0.495 e. The fourth-order valence-corrected chi connectivity index (χ4v) is 9.30. The molecule has 4 heterocycles. The number of amides is 5. The standard InChI is InChI=1S/C47H64ClN5O11S/c1-27-15-14-16-28(2)47(60)25-36(62-45(59)50-47)30(4)42-46(6,64-42)37(24-40(56)52(8)34-22-32(21-27)23-35(61-9)41(34)48)63-44(58)31(5)51(7)43(57)33(26-65-10)49-38(54)17-12-11-13-20-53-29(3)18-19-39(53)55/h14-16,18-19,22-23,28,30-31,33,36-37,42,60H,3,11-13,17,20-21,24-26H2,1-2,4-10H3,(H,49,54)(H,50,59)/b16-14+,27-15+/t28?,30?,31-,33-,36?,37?,42?,46?,47?/m0/s1. The van der Waals surface area contributed by atoms with Crippen molar-refractivity contribution in [2.45, 2.75) is 121 Å². The average molecular weight is 943 g/mol. The molecule has 0 aliphatic carbocycles. The van der Waals surface area contributed by atoms with E-state index in [4.69, 9.17) is 30.5 Å². The lowest BCUT2D eigenvalue weighted by atomic mass is 9.82. The van der Waals surface area contributed by atoms with Crippen molar-refractivity contribution in [1.82, 2.24) is 20.4 Å². The van der Waals surface area contributed by atoms with E-state index in [9.17, 15) is 33.9 Å². The van der Waals surface area contributed by atoms with Crippen LogP contribution in [0.15, 0.2) is 60.4 Å². The molecule has 5 rings (SSSR count). The highest BCUT2D eigenvalue weighted by atomic mass is 35.5. The SMILES string of the molecule is C=C1C=CC(=O)N1CCCCCC(=O)N[C@@H](CSC)C(=O)N(C)[C@@H](C)C(=O)OC1CC(=O)N(C)c2cc(cc(OC)c2Cl)C/C(C)=C/C=C/C(C)C2(O)CC(OC(=O)N2)C(C)C2OC12C. The number of nitrogens with one attached hydrogen (secondary N) is 2. The number of anilines is 1. The third-order valence-electron chi connectivity index (χ3n) is 12.9. The van der Waals surface area contributed by atoms with Crippen molar-refractivity contribution in [1.29, 1.82) is 0 Å². The van der Waals surface area contributed by atoms with Crippen molar-refractivity contribution in [3.05, 3.63) is 70.9 Å². The summed E-state index contributed by atoms with van der Waals surface area (Å²) in [6.07, 6.45) is 9.15. The van der Waals surface area contributed by atoms with Crippen molar-refractivity contribution in [3.63, 3.8) is 0 Å². The minimum atomic E-state index is -1.66. The minimum absolute atomic E-state index is 0.0211. The highest BCUT2D eigenvalue weighted by Gasteiger charge is 2.64. The molecule has 16 nitrogen and oxygen atoms in total. The summed E-state index contributed by atoms with van der Waals surface area (Å²) in [6.45, 7) is 13.1. The number of esters is 1. The first kappa shape index (κ1) is 51.1. The van der Waals surface area contributed by atoms with Crippen molar-refractivity contribution >= 4 is 64.7 Å². The lowest BCUT2D eigenvalue weighted by Crippen LogP contribution is -2.60. The highest BCUT2D eigenvalue weighted by molar-refractivity contribution is 7.98. The van der Waals surface area contributed by atoms with Gasteiger partial charge in [0.2, 0.25) is 17.7 Å². The van der Waals surface area contributed by atoms with E-state index < -0.39 is 77.4 Å². The Hall–Kier alpha value is -4.84. The molecule has 18 heteroatoms. The van der Waals surface area contributed by atoms with E-state index in [-0.39, 0.29) is 41.9 Å². The third-order valence-corrected chi connectivity index (χ3v) is 14.0. The Morgan fingerprint density at radius 3 is 2.55 bits per heavy atom. The number of rotatable bonds is 14. The molecule has 2 saturated heterocycles. The molecule has 4 aliphatic rings. The van der Waals surface area contributed by atoms with Gasteiger partial charge in [-0.25, -0.2) is 9.59 Å². The van der Waals surface area contributed by atoms with Crippen LogP contribution in [0.1, 0.15) is 78.7 Å². The lowest BCUT2D eigenvalue weighted by Gasteiger charge is -2.41. The number of epoxide rings is 1. The number of alkyl carbamates (subject to hydrolysis) is 1. The number of nitrogens with zero attached hydrogens (tertiary/aromatic N) is 3. The molecule has 356 valence electrons. The van der Waals surface area contributed by atoms with Gasteiger partial charge in [0, 0.05) is 62.8 Å². The van der Waals surface area contributed by atoms with Gasteiger partial charge in [-0.1, -0.05) is 62.2 Å². The van der Waals surface area contributed by atoms with Crippen LogP contribution < -0.4 is 20.3 Å². The molecular weight excluding hydrogens is 878 g/mol. The first-order chi connectivity index (χ1) is 30.6. The zero-order chi connectivity index (χ0) is 48.0. The Bertz CT molecular complexity index is 2100. The van der Waals surface area contributed by atoms with Crippen LogP contribution in [-0.2, 0) is 44.6 Å². The lowest BCUT2D eigenvalue weighted by molar-refractivity contribution is -0.162. The summed E-state index contributed by atoms with van der Waals surface area (Å²) in [7, 11) is 4.49. The Kier molecular flexibility index (Phi) is 17.0. The predicted octanol–water partition coefficient (Wildman–Crippen LogP) is 5.46. The average Bonchev–Trinajstić information content (AvgIpc) is 3.86. The molecule has 0 aromatic heterocycles. The van der Waals surface area contributed by atoms with Crippen LogP contribution >= 0.6 is 23.4 Å². The monoisotopic (exact) mass is 941 g/mol. The van der Waals surface area contributed by atoms with E-state index in [2.05, 4.69) is 17.2 Å². The number of carbonyl (C=O) groups excluding carboxylic acids is 6. The van der Waals surface area contributed by atoms with E-state index in [0.29, 0.717) is 49.4 Å². The van der Waals surface area contributed by atoms with Crippen LogP contribution in [0.25, 0.3) is 0 Å². The second kappa shape index (κ2) is 21.6. The molecule has 9 atom stereocenters. The first-order valence-electron chi connectivity index (χ1n) is 21.9. The zero-order valence-electron chi connectivity index (χ0n) is 38.8. The Morgan fingerprint density at radius 2 is 1.89 bits per heavy atom. The van der Waals surface area contributed by atoms with Crippen molar-refractivity contribution in [2.24, 2.45) is 11.8 Å². The number of ether oxygens (including phenoxy) is 4. The second-order valence-corrected chi connectivity index (χ2v) is 19.0. The largest absolute Gasteiger partial charge is 0.495 e. The third kappa shape index (κ3) is 12.1. The molecule has 0 spiro atoms. The predicted molar refractivity (Wildman–Crippen MR) is 248 cm³/mol. The molecule has 4 bridgehead atoms. The first-order valence-corrected chi connectivity index (χ1v) is 23.7. The molecule has 2 fully saturated rings. The molecular formula is C47H64ClN5O11S. The van der Waals surface area contributed by atoms with E-state index in [1.165, 1.54) is 48.7 Å². The summed E-state index contributed by atoms with van der Waals surface area (Å²) in [4.78, 5) is 84.5. The number of allylic oxidation sites excluding steroid dienone is 4. The van der Waals surface area contributed by atoms with Crippen LogP contribution in [0.5, 0.6) is 5.75 Å². The maximum absolute atomic E-state index is 14.3. The molecule has 0 saturated carbocycles. The number of benzene rings is 1. The van der Waals surface area contributed by atoms with Crippen LogP contribution in [0.3, 0.4) is 0 Å². The normalized spacial score (nSPS) is 29.1. The van der Waals surface area contributed by atoms with Crippen LogP contribution in [0.2, 0.25) is 5.02 Å². The molecule has 7 unspecified atom stereocenters. The molecule has 1 aromatic rings. The van der Waals surface area contributed by atoms with Gasteiger partial charge < -0.3 is 44.1 Å². The molecule has 1 aromatic carbocycles. The van der Waals surface area contributed by atoms with Crippen molar-refractivity contribution < 1.29 is 52.8 Å². The Morgan fingerprint density at radius 1 is 1.17 bits per heavy atom. The molecule has 3 N–H and O–H groups in total. The topological polar surface area (TPSA) is 197 Å². The van der Waals surface area contributed by atoms with Gasteiger partial charge in [0.05, 0.1) is 25.3 Å². The quantitative estimate of drug-likeness (QED) is 0.121. The second-order valence-electron chi connectivity index (χ2n) is 17.7.